The number of rotatable bonds is 5. The zero-order valence-electron chi connectivity index (χ0n) is 13.0. The smallest absolute Gasteiger partial charge is 0.228 e. The first kappa shape index (κ1) is 15.6. The number of hydrogen-bond acceptors (Lipinski definition) is 4. The molecule has 2 aromatic carbocycles. The predicted octanol–water partition coefficient (Wildman–Crippen LogP) is 3.02. The fraction of sp³-hybridized carbons (Fsp3) is 0.333. The van der Waals surface area contributed by atoms with Gasteiger partial charge in [0.25, 0.3) is 0 Å². The lowest BCUT2D eigenvalue weighted by Gasteiger charge is -2.36. The number of phenolic OH excluding ortho intramolecular Hbond substituents is 1. The van der Waals surface area contributed by atoms with E-state index >= 15 is 0 Å². The molecular formula is C18H21FN2O2. The van der Waals surface area contributed by atoms with Crippen molar-refractivity contribution in [1.82, 2.24) is 4.90 Å². The van der Waals surface area contributed by atoms with Gasteiger partial charge < -0.3 is 14.7 Å². The van der Waals surface area contributed by atoms with Gasteiger partial charge in [-0.2, -0.15) is 0 Å². The molecule has 0 bridgehead atoms. The van der Waals surface area contributed by atoms with E-state index in [9.17, 15) is 9.50 Å². The Hall–Kier alpha value is -2.27. The van der Waals surface area contributed by atoms with E-state index in [4.69, 9.17) is 4.74 Å². The van der Waals surface area contributed by atoms with Crippen molar-refractivity contribution in [3.63, 3.8) is 0 Å². The van der Waals surface area contributed by atoms with E-state index in [1.807, 2.05) is 36.4 Å². The lowest BCUT2D eigenvalue weighted by Crippen LogP contribution is -2.45. The van der Waals surface area contributed by atoms with Crippen LogP contribution in [0.2, 0.25) is 0 Å². The number of alkyl halides is 1. The fourth-order valence-electron chi connectivity index (χ4n) is 2.93. The first-order valence-corrected chi connectivity index (χ1v) is 7.79. The van der Waals surface area contributed by atoms with Crippen molar-refractivity contribution in [2.45, 2.75) is 6.54 Å². The molecule has 1 saturated heterocycles. The predicted molar refractivity (Wildman–Crippen MR) is 88.6 cm³/mol. The molecule has 23 heavy (non-hydrogen) atoms. The van der Waals surface area contributed by atoms with E-state index < -0.39 is 6.86 Å². The van der Waals surface area contributed by atoms with Gasteiger partial charge in [-0.15, -0.1) is 0 Å². The first-order valence-electron chi connectivity index (χ1n) is 7.79. The number of halogens is 1. The summed E-state index contributed by atoms with van der Waals surface area (Å²) in [6.07, 6.45) is 0. The fourth-order valence-corrected chi connectivity index (χ4v) is 2.93. The lowest BCUT2D eigenvalue weighted by atomic mass is 10.1. The second-order valence-electron chi connectivity index (χ2n) is 5.65. The van der Waals surface area contributed by atoms with E-state index in [1.54, 1.807) is 12.1 Å². The standard InChI is InChI=1S/C18H21FN2O2/c19-14-23-16-5-3-4-15(12-16)13-20-8-10-21(11-9-20)17-6-1-2-7-18(17)22/h1-7,12,22H,8-11,13-14H2. The van der Waals surface area contributed by atoms with E-state index in [-0.39, 0.29) is 0 Å². The van der Waals surface area contributed by atoms with Crippen molar-refractivity contribution in [1.29, 1.82) is 0 Å². The number of benzene rings is 2. The number of anilines is 1. The van der Waals surface area contributed by atoms with Crippen molar-refractivity contribution in [3.8, 4) is 11.5 Å². The normalized spacial score (nSPS) is 15.6. The zero-order valence-corrected chi connectivity index (χ0v) is 13.0. The van der Waals surface area contributed by atoms with Crippen LogP contribution >= 0.6 is 0 Å². The molecule has 122 valence electrons. The van der Waals surface area contributed by atoms with Gasteiger partial charge >= 0.3 is 0 Å². The quantitative estimate of drug-likeness (QED) is 0.920. The summed E-state index contributed by atoms with van der Waals surface area (Å²) in [4.78, 5) is 4.56. The summed E-state index contributed by atoms with van der Waals surface area (Å²) in [6.45, 7) is 3.60. The molecule has 1 heterocycles. The number of ether oxygens (including phenoxy) is 1. The summed E-state index contributed by atoms with van der Waals surface area (Å²) in [7, 11) is 0. The minimum Gasteiger partial charge on any atom is -0.506 e. The Morgan fingerprint density at radius 3 is 2.52 bits per heavy atom. The summed E-state index contributed by atoms with van der Waals surface area (Å²) in [5.74, 6) is 0.898. The molecule has 5 heteroatoms. The van der Waals surface area contributed by atoms with Crippen molar-refractivity contribution < 1.29 is 14.2 Å². The number of hydrogen-bond donors (Lipinski definition) is 1. The maximum absolute atomic E-state index is 12.2. The Kier molecular flexibility index (Phi) is 4.98. The average molecular weight is 316 g/mol. The van der Waals surface area contributed by atoms with Crippen LogP contribution in [0.5, 0.6) is 11.5 Å². The Morgan fingerprint density at radius 2 is 1.78 bits per heavy atom. The topological polar surface area (TPSA) is 35.9 Å². The molecule has 2 aromatic rings. The van der Waals surface area contributed by atoms with Crippen LogP contribution in [0, 0.1) is 0 Å². The van der Waals surface area contributed by atoms with Gasteiger partial charge in [0.2, 0.25) is 6.86 Å². The third kappa shape index (κ3) is 3.93. The molecule has 0 aliphatic carbocycles. The van der Waals surface area contributed by atoms with Crippen molar-refractivity contribution in [2.75, 3.05) is 37.9 Å². The van der Waals surface area contributed by atoms with Gasteiger partial charge in [0.1, 0.15) is 11.5 Å². The molecule has 3 rings (SSSR count). The number of aromatic hydroxyl groups is 1. The van der Waals surface area contributed by atoms with Gasteiger partial charge in [0.05, 0.1) is 5.69 Å². The number of nitrogens with zero attached hydrogens (tertiary/aromatic N) is 2. The van der Waals surface area contributed by atoms with E-state index in [0.29, 0.717) is 11.5 Å². The first-order chi connectivity index (χ1) is 11.3. The van der Waals surface area contributed by atoms with Gasteiger partial charge in [-0.05, 0) is 29.8 Å². The summed E-state index contributed by atoms with van der Waals surface area (Å²) in [6, 6.07) is 15.0. The molecular weight excluding hydrogens is 295 g/mol. The highest BCUT2D eigenvalue weighted by Gasteiger charge is 2.19. The summed E-state index contributed by atoms with van der Waals surface area (Å²) in [5, 5.41) is 9.95. The number of phenols is 1. The van der Waals surface area contributed by atoms with Gasteiger partial charge in [0, 0.05) is 32.7 Å². The summed E-state index contributed by atoms with van der Waals surface area (Å²) in [5.41, 5.74) is 2.01. The van der Waals surface area contributed by atoms with Gasteiger partial charge in [-0.1, -0.05) is 24.3 Å². The van der Waals surface area contributed by atoms with Gasteiger partial charge in [0.15, 0.2) is 0 Å². The SMILES string of the molecule is Oc1ccccc1N1CCN(Cc2cccc(OCF)c2)CC1. The zero-order chi connectivity index (χ0) is 16.1. The molecule has 0 unspecified atom stereocenters. The van der Waals surface area contributed by atoms with Crippen LogP contribution < -0.4 is 9.64 Å². The molecule has 4 nitrogen and oxygen atoms in total. The molecule has 0 radical (unpaired) electrons. The van der Waals surface area contributed by atoms with Crippen molar-refractivity contribution in [2.24, 2.45) is 0 Å². The highest BCUT2D eigenvalue weighted by molar-refractivity contribution is 5.57. The highest BCUT2D eigenvalue weighted by Crippen LogP contribution is 2.27. The van der Waals surface area contributed by atoms with Gasteiger partial charge in [-0.3, -0.25) is 4.90 Å². The Balaban J connectivity index is 1.57. The van der Waals surface area contributed by atoms with Crippen LogP contribution in [-0.2, 0) is 6.54 Å². The number of para-hydroxylation sites is 2. The lowest BCUT2D eigenvalue weighted by molar-refractivity contribution is 0.191. The monoisotopic (exact) mass is 316 g/mol. The third-order valence-corrected chi connectivity index (χ3v) is 4.12. The largest absolute Gasteiger partial charge is 0.506 e. The van der Waals surface area contributed by atoms with E-state index in [2.05, 4.69) is 9.80 Å². The van der Waals surface area contributed by atoms with E-state index in [1.165, 1.54) is 0 Å². The van der Waals surface area contributed by atoms with Gasteiger partial charge in [-0.25, -0.2) is 4.39 Å². The van der Waals surface area contributed by atoms with Crippen LogP contribution in [0.1, 0.15) is 5.56 Å². The van der Waals surface area contributed by atoms with Crippen LogP contribution in [0.4, 0.5) is 10.1 Å². The minimum absolute atomic E-state index is 0.331. The second kappa shape index (κ2) is 7.33. The van der Waals surface area contributed by atoms with Crippen LogP contribution in [0.3, 0.4) is 0 Å². The van der Waals surface area contributed by atoms with Crippen LogP contribution in [-0.4, -0.2) is 43.0 Å². The molecule has 0 saturated carbocycles. The molecule has 1 N–H and O–H groups in total. The summed E-state index contributed by atoms with van der Waals surface area (Å²) < 4.78 is 17.1. The molecule has 0 spiro atoms. The molecule has 0 aromatic heterocycles. The molecule has 1 aliphatic rings. The van der Waals surface area contributed by atoms with Crippen molar-refractivity contribution in [3.05, 3.63) is 54.1 Å². The minimum atomic E-state index is -0.803. The van der Waals surface area contributed by atoms with Crippen LogP contribution in [0.15, 0.2) is 48.5 Å². The maximum Gasteiger partial charge on any atom is 0.228 e. The second-order valence-corrected chi connectivity index (χ2v) is 5.65. The Labute approximate surface area is 135 Å². The highest BCUT2D eigenvalue weighted by atomic mass is 19.1. The number of piperazine rings is 1. The third-order valence-electron chi connectivity index (χ3n) is 4.12. The molecule has 0 atom stereocenters. The maximum atomic E-state index is 12.2. The van der Waals surface area contributed by atoms with Crippen LogP contribution in [0.25, 0.3) is 0 Å². The molecule has 0 amide bonds. The summed E-state index contributed by atoms with van der Waals surface area (Å²) >= 11 is 0. The Morgan fingerprint density at radius 1 is 1.00 bits per heavy atom. The van der Waals surface area contributed by atoms with Crippen molar-refractivity contribution >= 4 is 5.69 Å². The molecule has 1 aliphatic heterocycles. The van der Waals surface area contributed by atoms with E-state index in [0.717, 1.165) is 44.0 Å². The molecule has 1 fully saturated rings. The Bertz CT molecular complexity index is 642. The average Bonchev–Trinajstić information content (AvgIpc) is 2.57.